The van der Waals surface area contributed by atoms with Crippen LogP contribution in [-0.2, 0) is 13.5 Å². The highest BCUT2D eigenvalue weighted by Crippen LogP contribution is 2.39. The van der Waals surface area contributed by atoms with Gasteiger partial charge in [-0.3, -0.25) is 9.58 Å². The molecule has 2 N–H and O–H groups in total. The van der Waals surface area contributed by atoms with E-state index in [-0.39, 0.29) is 0 Å². The van der Waals surface area contributed by atoms with E-state index in [1.165, 1.54) is 56.3 Å². The summed E-state index contributed by atoms with van der Waals surface area (Å²) in [6, 6.07) is 1.12. The molecular weight excluding hydrogens is 260 g/mol. The fraction of sp³-hybridized carbons (Fsp3) is 0.824. The van der Waals surface area contributed by atoms with Crippen LogP contribution >= 0.6 is 0 Å². The molecular formula is C17H30N4. The summed E-state index contributed by atoms with van der Waals surface area (Å²) in [6.07, 6.45) is 11.6. The van der Waals surface area contributed by atoms with E-state index in [0.717, 1.165) is 18.4 Å². The van der Waals surface area contributed by atoms with E-state index >= 15 is 0 Å². The van der Waals surface area contributed by atoms with Crippen molar-refractivity contribution < 1.29 is 0 Å². The highest BCUT2D eigenvalue weighted by Gasteiger charge is 2.37. The van der Waals surface area contributed by atoms with E-state index in [9.17, 15) is 0 Å². The second-order valence-corrected chi connectivity index (χ2v) is 6.80. The predicted molar refractivity (Wildman–Crippen MR) is 86.1 cm³/mol. The van der Waals surface area contributed by atoms with Crippen LogP contribution in [0.2, 0.25) is 0 Å². The lowest BCUT2D eigenvalue weighted by Crippen LogP contribution is -2.40. The Morgan fingerprint density at radius 3 is 2.71 bits per heavy atom. The molecule has 0 aromatic carbocycles. The maximum Gasteiger partial charge on any atom is 0.0670 e. The average Bonchev–Trinajstić information content (AvgIpc) is 3.19. The van der Waals surface area contributed by atoms with Gasteiger partial charge < -0.3 is 5.73 Å². The van der Waals surface area contributed by atoms with Gasteiger partial charge in [0.15, 0.2) is 0 Å². The van der Waals surface area contributed by atoms with Gasteiger partial charge in [-0.15, -0.1) is 0 Å². The van der Waals surface area contributed by atoms with Crippen molar-refractivity contribution in [1.82, 2.24) is 14.7 Å². The third-order valence-electron chi connectivity index (χ3n) is 5.54. The molecule has 1 aromatic rings. The molecule has 118 valence electrons. The first-order valence-electron chi connectivity index (χ1n) is 8.72. The number of aryl methyl sites for hydroxylation is 2. The van der Waals surface area contributed by atoms with Crippen molar-refractivity contribution in [3.05, 3.63) is 17.5 Å². The van der Waals surface area contributed by atoms with Crippen molar-refractivity contribution in [2.75, 3.05) is 13.1 Å². The average molecular weight is 290 g/mol. The minimum absolute atomic E-state index is 0.363. The summed E-state index contributed by atoms with van der Waals surface area (Å²) in [6.45, 7) is 4.11. The summed E-state index contributed by atoms with van der Waals surface area (Å²) in [4.78, 5) is 2.71. The monoisotopic (exact) mass is 290 g/mol. The third-order valence-corrected chi connectivity index (χ3v) is 5.54. The molecule has 1 aromatic heterocycles. The van der Waals surface area contributed by atoms with Gasteiger partial charge in [-0.25, -0.2) is 0 Å². The molecule has 2 fully saturated rings. The SMILES string of the molecule is CCc1nn(C)cc1C(CN)N1CCCC1C1CCCC1. The molecule has 1 aliphatic heterocycles. The van der Waals surface area contributed by atoms with Gasteiger partial charge in [0.25, 0.3) is 0 Å². The summed E-state index contributed by atoms with van der Waals surface area (Å²) in [5.74, 6) is 0.906. The summed E-state index contributed by atoms with van der Waals surface area (Å²) in [5.41, 5.74) is 8.79. The Balaban J connectivity index is 1.84. The van der Waals surface area contributed by atoms with Gasteiger partial charge in [0.2, 0.25) is 0 Å². The third kappa shape index (κ3) is 2.88. The van der Waals surface area contributed by atoms with Gasteiger partial charge in [-0.05, 0) is 44.6 Å². The Morgan fingerprint density at radius 1 is 1.29 bits per heavy atom. The topological polar surface area (TPSA) is 47.1 Å². The maximum atomic E-state index is 6.20. The minimum atomic E-state index is 0.363. The van der Waals surface area contributed by atoms with Crippen molar-refractivity contribution in [3.8, 4) is 0 Å². The maximum absolute atomic E-state index is 6.20. The first-order chi connectivity index (χ1) is 10.2. The van der Waals surface area contributed by atoms with E-state index in [2.05, 4.69) is 23.1 Å². The Labute approximate surface area is 128 Å². The number of nitrogens with zero attached hydrogens (tertiary/aromatic N) is 3. The Kier molecular flexibility index (Phi) is 4.65. The number of aromatic nitrogens is 2. The second-order valence-electron chi connectivity index (χ2n) is 6.80. The van der Waals surface area contributed by atoms with Crippen LogP contribution in [0.4, 0.5) is 0 Å². The van der Waals surface area contributed by atoms with Crippen molar-refractivity contribution in [1.29, 1.82) is 0 Å². The van der Waals surface area contributed by atoms with Crippen molar-refractivity contribution >= 4 is 0 Å². The van der Waals surface area contributed by atoms with Crippen LogP contribution in [0, 0.1) is 5.92 Å². The number of likely N-dealkylation sites (tertiary alicyclic amines) is 1. The van der Waals surface area contributed by atoms with Crippen LogP contribution < -0.4 is 5.73 Å². The van der Waals surface area contributed by atoms with Gasteiger partial charge >= 0.3 is 0 Å². The highest BCUT2D eigenvalue weighted by atomic mass is 15.3. The smallest absolute Gasteiger partial charge is 0.0670 e. The lowest BCUT2D eigenvalue weighted by molar-refractivity contribution is 0.137. The van der Waals surface area contributed by atoms with Crippen LogP contribution in [-0.4, -0.2) is 33.8 Å². The molecule has 0 amide bonds. The fourth-order valence-electron chi connectivity index (χ4n) is 4.60. The predicted octanol–water partition coefficient (Wildman–Crippen LogP) is 2.64. The summed E-state index contributed by atoms with van der Waals surface area (Å²) >= 11 is 0. The van der Waals surface area contributed by atoms with E-state index in [1.54, 1.807) is 0 Å². The Bertz CT molecular complexity index is 461. The molecule has 2 heterocycles. The minimum Gasteiger partial charge on any atom is -0.329 e. The van der Waals surface area contributed by atoms with E-state index in [0.29, 0.717) is 12.6 Å². The lowest BCUT2D eigenvalue weighted by atomic mass is 9.94. The van der Waals surface area contributed by atoms with Gasteiger partial charge in [-0.2, -0.15) is 5.10 Å². The van der Waals surface area contributed by atoms with Crippen LogP contribution in [0.25, 0.3) is 0 Å². The number of hydrogen-bond donors (Lipinski definition) is 1. The molecule has 1 saturated carbocycles. The molecule has 0 spiro atoms. The van der Waals surface area contributed by atoms with E-state index in [1.807, 2.05) is 11.7 Å². The molecule has 3 rings (SSSR count). The Hall–Kier alpha value is -0.870. The fourth-order valence-corrected chi connectivity index (χ4v) is 4.60. The quantitative estimate of drug-likeness (QED) is 0.907. The van der Waals surface area contributed by atoms with Gasteiger partial charge in [0, 0.05) is 31.4 Å². The molecule has 1 saturated heterocycles. The molecule has 0 radical (unpaired) electrons. The second kappa shape index (κ2) is 6.49. The zero-order valence-corrected chi connectivity index (χ0v) is 13.6. The molecule has 2 aliphatic rings. The molecule has 0 bridgehead atoms. The molecule has 4 heteroatoms. The molecule has 21 heavy (non-hydrogen) atoms. The summed E-state index contributed by atoms with van der Waals surface area (Å²) in [7, 11) is 2.02. The first-order valence-corrected chi connectivity index (χ1v) is 8.72. The molecule has 1 aliphatic carbocycles. The van der Waals surface area contributed by atoms with Crippen molar-refractivity contribution in [2.24, 2.45) is 18.7 Å². The van der Waals surface area contributed by atoms with Gasteiger partial charge in [-0.1, -0.05) is 19.8 Å². The van der Waals surface area contributed by atoms with Crippen LogP contribution in [0.5, 0.6) is 0 Å². The van der Waals surface area contributed by atoms with Crippen LogP contribution in [0.15, 0.2) is 6.20 Å². The first kappa shape index (κ1) is 15.0. The number of nitrogens with two attached hydrogens (primary N) is 1. The van der Waals surface area contributed by atoms with Crippen LogP contribution in [0.3, 0.4) is 0 Å². The van der Waals surface area contributed by atoms with E-state index < -0.39 is 0 Å². The van der Waals surface area contributed by atoms with Crippen LogP contribution in [0.1, 0.15) is 62.7 Å². The molecule has 4 nitrogen and oxygen atoms in total. The standard InChI is InChI=1S/C17H30N4/c1-3-15-14(12-20(2)19-15)17(11-18)21-10-6-9-16(21)13-7-4-5-8-13/h12-13,16-17H,3-11,18H2,1-2H3. The van der Waals surface area contributed by atoms with Gasteiger partial charge in [0.05, 0.1) is 11.7 Å². The number of rotatable bonds is 5. The lowest BCUT2D eigenvalue weighted by Gasteiger charge is -2.35. The zero-order valence-electron chi connectivity index (χ0n) is 13.6. The van der Waals surface area contributed by atoms with E-state index in [4.69, 9.17) is 5.73 Å². The molecule has 2 atom stereocenters. The van der Waals surface area contributed by atoms with Crippen molar-refractivity contribution in [2.45, 2.75) is 64.0 Å². The molecule has 2 unspecified atom stereocenters. The zero-order chi connectivity index (χ0) is 14.8. The number of hydrogen-bond acceptors (Lipinski definition) is 3. The normalized spacial score (nSPS) is 25.8. The largest absolute Gasteiger partial charge is 0.329 e. The summed E-state index contributed by atoms with van der Waals surface area (Å²) in [5, 5.41) is 4.63. The highest BCUT2D eigenvalue weighted by molar-refractivity contribution is 5.23. The van der Waals surface area contributed by atoms with Gasteiger partial charge in [0.1, 0.15) is 0 Å². The van der Waals surface area contributed by atoms with Crippen molar-refractivity contribution in [3.63, 3.8) is 0 Å². The Morgan fingerprint density at radius 2 is 2.05 bits per heavy atom. The summed E-state index contributed by atoms with van der Waals surface area (Å²) < 4.78 is 1.96.